The van der Waals surface area contributed by atoms with Gasteiger partial charge in [0, 0.05) is 34.7 Å². The van der Waals surface area contributed by atoms with E-state index >= 15 is 0 Å². The van der Waals surface area contributed by atoms with Crippen LogP contribution in [-0.4, -0.2) is 51.2 Å². The smallest absolute Gasteiger partial charge is 0.336 e. The number of Topliss-reactive ketones (excluding diaryl/α,β-unsaturated/α-hetero) is 1. The third-order valence-electron chi connectivity index (χ3n) is 6.17. The van der Waals surface area contributed by atoms with Crippen LogP contribution in [0.1, 0.15) is 52.0 Å². The van der Waals surface area contributed by atoms with E-state index in [-0.39, 0.29) is 11.2 Å². The van der Waals surface area contributed by atoms with E-state index in [2.05, 4.69) is 26.1 Å². The molecular weight excluding hydrogens is 454 g/mol. The van der Waals surface area contributed by atoms with Crippen LogP contribution >= 0.6 is 11.8 Å². The van der Waals surface area contributed by atoms with Gasteiger partial charge < -0.3 is 24.3 Å². The van der Waals surface area contributed by atoms with Crippen molar-refractivity contribution < 1.29 is 28.5 Å². The molecule has 0 unspecified atom stereocenters. The lowest BCUT2D eigenvalue weighted by Crippen LogP contribution is -2.38. The third kappa shape index (κ3) is 5.06. The van der Waals surface area contributed by atoms with E-state index in [0.29, 0.717) is 64.9 Å². The SMILES string of the molecule is CCSCCOC(=O)C1=C(C)NC2=C(C(=O)CC(C)(C)C2)[C@H]1c1ccc(OC)c(OC)c1OC. The van der Waals surface area contributed by atoms with Gasteiger partial charge in [-0.05, 0) is 30.6 Å². The van der Waals surface area contributed by atoms with Crippen molar-refractivity contribution in [3.8, 4) is 17.2 Å². The van der Waals surface area contributed by atoms with Gasteiger partial charge in [-0.2, -0.15) is 11.8 Å². The molecular formula is C26H35NO6S. The van der Waals surface area contributed by atoms with Crippen molar-refractivity contribution in [1.82, 2.24) is 5.32 Å². The first-order valence-corrected chi connectivity index (χ1v) is 12.6. The molecule has 0 amide bonds. The quantitative estimate of drug-likeness (QED) is 0.398. The minimum absolute atomic E-state index is 0.0138. The number of carbonyl (C=O) groups excluding carboxylic acids is 2. The second-order valence-corrected chi connectivity index (χ2v) is 10.6. The Morgan fingerprint density at radius 1 is 1.12 bits per heavy atom. The monoisotopic (exact) mass is 489 g/mol. The predicted octanol–water partition coefficient (Wildman–Crippen LogP) is 4.61. The molecule has 0 radical (unpaired) electrons. The minimum Gasteiger partial charge on any atom is -0.493 e. The van der Waals surface area contributed by atoms with Crippen LogP contribution in [-0.2, 0) is 14.3 Å². The largest absolute Gasteiger partial charge is 0.493 e. The highest BCUT2D eigenvalue weighted by Gasteiger charge is 2.44. The highest BCUT2D eigenvalue weighted by Crippen LogP contribution is 2.51. The summed E-state index contributed by atoms with van der Waals surface area (Å²) in [5.74, 6) is 1.95. The molecule has 0 fully saturated rings. The van der Waals surface area contributed by atoms with Crippen LogP contribution < -0.4 is 19.5 Å². The lowest BCUT2D eigenvalue weighted by atomic mass is 9.68. The molecule has 1 heterocycles. The Morgan fingerprint density at radius 2 is 1.82 bits per heavy atom. The second-order valence-electron chi connectivity index (χ2n) is 9.19. The van der Waals surface area contributed by atoms with E-state index in [1.165, 1.54) is 7.11 Å². The Kier molecular flexibility index (Phi) is 8.23. The number of ketones is 1. The van der Waals surface area contributed by atoms with Gasteiger partial charge in [0.2, 0.25) is 5.75 Å². The molecule has 34 heavy (non-hydrogen) atoms. The van der Waals surface area contributed by atoms with Gasteiger partial charge in [0.1, 0.15) is 6.61 Å². The number of nitrogens with one attached hydrogen (secondary N) is 1. The maximum absolute atomic E-state index is 13.5. The normalized spacial score (nSPS) is 19.4. The van der Waals surface area contributed by atoms with E-state index < -0.39 is 11.9 Å². The first-order chi connectivity index (χ1) is 16.2. The van der Waals surface area contributed by atoms with Crippen LogP contribution in [0.3, 0.4) is 0 Å². The average molecular weight is 490 g/mol. The van der Waals surface area contributed by atoms with E-state index in [4.69, 9.17) is 18.9 Å². The van der Waals surface area contributed by atoms with Crippen molar-refractivity contribution in [2.75, 3.05) is 39.4 Å². The number of rotatable bonds is 9. The summed E-state index contributed by atoms with van der Waals surface area (Å²) in [6, 6.07) is 3.60. The van der Waals surface area contributed by atoms with E-state index in [1.807, 2.05) is 13.0 Å². The second kappa shape index (κ2) is 10.8. The van der Waals surface area contributed by atoms with Crippen molar-refractivity contribution >= 4 is 23.5 Å². The molecule has 0 saturated carbocycles. The molecule has 0 aromatic heterocycles. The summed E-state index contributed by atoms with van der Waals surface area (Å²) in [7, 11) is 4.63. The molecule has 1 N–H and O–H groups in total. The molecule has 186 valence electrons. The number of allylic oxidation sites excluding steroid dienone is 3. The molecule has 1 aliphatic heterocycles. The summed E-state index contributed by atoms with van der Waals surface area (Å²) in [4.78, 5) is 26.9. The fraction of sp³-hybridized carbons (Fsp3) is 0.538. The van der Waals surface area contributed by atoms with Gasteiger partial charge in [0.25, 0.3) is 0 Å². The van der Waals surface area contributed by atoms with Crippen LogP contribution in [0.25, 0.3) is 0 Å². The summed E-state index contributed by atoms with van der Waals surface area (Å²) in [6.07, 6.45) is 1.10. The molecule has 2 aliphatic rings. The number of thioether (sulfide) groups is 1. The van der Waals surface area contributed by atoms with Crippen LogP contribution in [0, 0.1) is 5.41 Å². The first kappa shape index (κ1) is 26.0. The third-order valence-corrected chi connectivity index (χ3v) is 7.03. The Balaban J connectivity index is 2.18. The molecule has 0 saturated heterocycles. The Labute approximate surface area is 206 Å². The zero-order valence-corrected chi connectivity index (χ0v) is 21.9. The fourth-order valence-corrected chi connectivity index (χ4v) is 5.27. The van der Waals surface area contributed by atoms with Crippen molar-refractivity contribution in [2.24, 2.45) is 5.41 Å². The van der Waals surface area contributed by atoms with Crippen LogP contribution in [0.15, 0.2) is 34.7 Å². The number of benzene rings is 1. The van der Waals surface area contributed by atoms with Gasteiger partial charge in [-0.25, -0.2) is 4.79 Å². The number of ether oxygens (including phenoxy) is 4. The van der Waals surface area contributed by atoms with Crippen LogP contribution in [0.2, 0.25) is 0 Å². The number of hydrogen-bond acceptors (Lipinski definition) is 8. The predicted molar refractivity (Wildman–Crippen MR) is 134 cm³/mol. The van der Waals surface area contributed by atoms with Gasteiger partial charge in [0.05, 0.1) is 32.8 Å². The summed E-state index contributed by atoms with van der Waals surface area (Å²) >= 11 is 1.71. The highest BCUT2D eigenvalue weighted by molar-refractivity contribution is 7.99. The molecule has 0 spiro atoms. The van der Waals surface area contributed by atoms with Gasteiger partial charge >= 0.3 is 5.97 Å². The number of carbonyl (C=O) groups is 2. The maximum atomic E-state index is 13.5. The topological polar surface area (TPSA) is 83.1 Å². The molecule has 1 aliphatic carbocycles. The van der Waals surface area contributed by atoms with Crippen molar-refractivity contribution in [2.45, 2.75) is 46.5 Å². The average Bonchev–Trinajstić information content (AvgIpc) is 2.78. The van der Waals surface area contributed by atoms with Gasteiger partial charge in [-0.3, -0.25) is 4.79 Å². The lowest BCUT2D eigenvalue weighted by Gasteiger charge is -2.39. The summed E-state index contributed by atoms with van der Waals surface area (Å²) in [5, 5.41) is 3.36. The Morgan fingerprint density at radius 3 is 2.44 bits per heavy atom. The van der Waals surface area contributed by atoms with E-state index in [0.717, 1.165) is 11.4 Å². The maximum Gasteiger partial charge on any atom is 0.336 e. The highest BCUT2D eigenvalue weighted by atomic mass is 32.2. The van der Waals surface area contributed by atoms with Gasteiger partial charge in [-0.15, -0.1) is 0 Å². The first-order valence-electron chi connectivity index (χ1n) is 11.5. The molecule has 0 bridgehead atoms. The standard InChI is InChI=1S/C26H35NO6S/c1-8-34-12-11-33-25(29)20-15(2)27-17-13-26(3,4)14-18(28)22(17)21(20)16-9-10-19(30-5)24(32-7)23(16)31-6/h9-10,21,27H,8,11-14H2,1-7H3/t21-/m0/s1. The van der Waals surface area contributed by atoms with Crippen LogP contribution in [0.4, 0.5) is 0 Å². The van der Waals surface area contributed by atoms with Crippen molar-refractivity contribution in [1.29, 1.82) is 0 Å². The van der Waals surface area contributed by atoms with Crippen molar-refractivity contribution in [3.05, 3.63) is 40.2 Å². The number of methoxy groups -OCH3 is 3. The van der Waals surface area contributed by atoms with Crippen molar-refractivity contribution in [3.63, 3.8) is 0 Å². The Hall–Kier alpha value is -2.61. The lowest BCUT2D eigenvalue weighted by molar-refractivity contribution is -0.138. The zero-order chi connectivity index (χ0) is 25.0. The molecule has 3 rings (SSSR count). The fourth-order valence-electron chi connectivity index (χ4n) is 4.78. The Bertz CT molecular complexity index is 1030. The summed E-state index contributed by atoms with van der Waals surface area (Å²) in [6.45, 7) is 8.38. The number of hydrogen-bond donors (Lipinski definition) is 1. The molecule has 1 atom stereocenters. The van der Waals surface area contributed by atoms with Crippen LogP contribution in [0.5, 0.6) is 17.2 Å². The minimum atomic E-state index is -0.638. The molecule has 8 heteroatoms. The molecule has 7 nitrogen and oxygen atoms in total. The van der Waals surface area contributed by atoms with E-state index in [9.17, 15) is 9.59 Å². The number of esters is 1. The molecule has 1 aromatic carbocycles. The van der Waals surface area contributed by atoms with E-state index in [1.54, 1.807) is 32.0 Å². The summed E-state index contributed by atoms with van der Waals surface area (Å²) < 4.78 is 22.5. The van der Waals surface area contributed by atoms with Gasteiger partial charge in [0.15, 0.2) is 17.3 Å². The molecule has 1 aromatic rings. The summed E-state index contributed by atoms with van der Waals surface area (Å²) in [5.41, 5.74) is 3.02. The number of dihydropyridines is 1. The zero-order valence-electron chi connectivity index (χ0n) is 21.1. The van der Waals surface area contributed by atoms with Gasteiger partial charge in [-0.1, -0.05) is 26.8 Å².